The van der Waals surface area contributed by atoms with Crippen LogP contribution in [0.4, 0.5) is 4.79 Å². The fraction of sp³-hybridized carbons (Fsp3) is 0.750. The maximum Gasteiger partial charge on any atom is 0.403 e. The molecule has 0 aromatic rings. The van der Waals surface area contributed by atoms with Gasteiger partial charge in [0.15, 0.2) is 0 Å². The van der Waals surface area contributed by atoms with Crippen molar-refractivity contribution in [3.05, 3.63) is 0 Å². The molecule has 66 valence electrons. The molecule has 0 aliphatic heterocycles. The van der Waals surface area contributed by atoms with Crippen molar-refractivity contribution < 1.29 is 9.53 Å². The van der Waals surface area contributed by atoms with Crippen molar-refractivity contribution in [3.8, 4) is 0 Å². The molecule has 0 N–H and O–H groups in total. The summed E-state index contributed by atoms with van der Waals surface area (Å²) in [7, 11) is 0. The van der Waals surface area contributed by atoms with Crippen LogP contribution in [0.5, 0.6) is 0 Å². The Morgan fingerprint density at radius 1 is 1.36 bits per heavy atom. The highest BCUT2D eigenvalue weighted by Gasteiger charge is 2.23. The van der Waals surface area contributed by atoms with Crippen molar-refractivity contribution in [2.24, 2.45) is 0 Å². The molecule has 0 aromatic carbocycles. The summed E-state index contributed by atoms with van der Waals surface area (Å²) in [6, 6.07) is -2.07. The first-order valence-corrected chi connectivity index (χ1v) is 8.43. The minimum atomic E-state index is -2.55. The first-order chi connectivity index (χ1) is 4.92. The van der Waals surface area contributed by atoms with Crippen LogP contribution in [0.3, 0.4) is 0 Å². The zero-order valence-electron chi connectivity index (χ0n) is 5.45. The number of rotatable bonds is 4. The second-order valence-electron chi connectivity index (χ2n) is 1.80. The average Bonchev–Trinajstić information content (AvgIpc) is 1.78. The second kappa shape index (κ2) is 5.49. The smallest absolute Gasteiger partial charge is 0.403 e. The number of carbonyl (C=O) groups is 1. The standard InChI is InChI=1S/C4H6Cl4O2Si/c5-4(9)10-2-1-3-11(6,7)8/h1-3H2. The van der Waals surface area contributed by atoms with Crippen LogP contribution in [0.1, 0.15) is 6.42 Å². The molecular weight excluding hydrogens is 250 g/mol. The number of carbonyl (C=O) groups excluding carboxylic acids is 1. The number of hydrogen-bond donors (Lipinski definition) is 0. The molecule has 0 fully saturated rings. The molecule has 0 saturated heterocycles. The van der Waals surface area contributed by atoms with Crippen LogP contribution in [-0.2, 0) is 4.74 Å². The van der Waals surface area contributed by atoms with Crippen molar-refractivity contribution in [1.29, 1.82) is 0 Å². The highest BCUT2D eigenvalue weighted by atomic mass is 35.8. The van der Waals surface area contributed by atoms with Gasteiger partial charge >= 0.3 is 11.4 Å². The van der Waals surface area contributed by atoms with E-state index < -0.39 is 11.4 Å². The summed E-state index contributed by atoms with van der Waals surface area (Å²) >= 11 is 21.5. The van der Waals surface area contributed by atoms with Gasteiger partial charge in [-0.25, -0.2) is 4.79 Å². The lowest BCUT2D eigenvalue weighted by atomic mass is 10.5. The van der Waals surface area contributed by atoms with E-state index in [0.717, 1.165) is 0 Å². The molecular formula is C4H6Cl4O2Si. The summed E-state index contributed by atoms with van der Waals surface area (Å²) < 4.78 is 4.41. The third-order valence-electron chi connectivity index (χ3n) is 0.820. The second-order valence-corrected chi connectivity index (χ2v) is 11.4. The average molecular weight is 256 g/mol. The van der Waals surface area contributed by atoms with Gasteiger partial charge in [-0.1, -0.05) is 0 Å². The molecule has 0 spiro atoms. The monoisotopic (exact) mass is 254 g/mol. The Kier molecular flexibility index (Phi) is 5.91. The first-order valence-electron chi connectivity index (χ1n) is 2.81. The van der Waals surface area contributed by atoms with Gasteiger partial charge in [-0.05, 0) is 12.5 Å². The van der Waals surface area contributed by atoms with E-state index in [2.05, 4.69) is 4.74 Å². The quantitative estimate of drug-likeness (QED) is 0.333. The fourth-order valence-corrected chi connectivity index (χ4v) is 2.25. The third kappa shape index (κ3) is 10.8. The fourth-order valence-electron chi connectivity index (χ4n) is 0.425. The van der Waals surface area contributed by atoms with Gasteiger partial charge in [0.2, 0.25) is 0 Å². The van der Waals surface area contributed by atoms with Gasteiger partial charge in [0, 0.05) is 11.6 Å². The van der Waals surface area contributed by atoms with Gasteiger partial charge < -0.3 is 4.74 Å². The molecule has 2 nitrogen and oxygen atoms in total. The molecule has 0 amide bonds. The molecule has 11 heavy (non-hydrogen) atoms. The van der Waals surface area contributed by atoms with E-state index in [4.69, 9.17) is 44.8 Å². The molecule has 0 atom stereocenters. The Labute approximate surface area is 84.8 Å². The Morgan fingerprint density at radius 2 is 1.91 bits per heavy atom. The molecule has 0 aromatic heterocycles. The molecule has 0 bridgehead atoms. The molecule has 0 aliphatic carbocycles. The van der Waals surface area contributed by atoms with Crippen LogP contribution in [0, 0.1) is 0 Å². The van der Waals surface area contributed by atoms with Gasteiger partial charge in [-0.3, -0.25) is 0 Å². The van der Waals surface area contributed by atoms with Gasteiger partial charge in [0.25, 0.3) is 0 Å². The Morgan fingerprint density at radius 3 is 2.27 bits per heavy atom. The largest absolute Gasteiger partial charge is 0.454 e. The summed E-state index contributed by atoms with van der Waals surface area (Å²) in [6.07, 6.45) is 0.543. The van der Waals surface area contributed by atoms with Gasteiger partial charge in [0.1, 0.15) is 0 Å². The third-order valence-corrected chi connectivity index (χ3v) is 3.55. The van der Waals surface area contributed by atoms with Gasteiger partial charge in [-0.2, -0.15) is 0 Å². The first kappa shape index (κ1) is 11.8. The molecule has 0 rings (SSSR count). The maximum absolute atomic E-state index is 10.0. The van der Waals surface area contributed by atoms with Crippen molar-refractivity contribution in [2.45, 2.75) is 12.5 Å². The van der Waals surface area contributed by atoms with E-state index in [-0.39, 0.29) is 6.61 Å². The normalized spacial score (nSPS) is 11.3. The SMILES string of the molecule is O=C(Cl)OCCC[Si](Cl)(Cl)Cl. The Hall–Kier alpha value is 0.847. The molecule has 0 radical (unpaired) electrons. The number of ether oxygens (including phenoxy) is 1. The molecule has 7 heteroatoms. The van der Waals surface area contributed by atoms with E-state index >= 15 is 0 Å². The lowest BCUT2D eigenvalue weighted by molar-refractivity contribution is 0.173. The zero-order valence-corrected chi connectivity index (χ0v) is 9.47. The summed E-state index contributed by atoms with van der Waals surface area (Å²) in [4.78, 5) is 10.0. The van der Waals surface area contributed by atoms with E-state index in [1.165, 1.54) is 0 Å². The van der Waals surface area contributed by atoms with Crippen LogP contribution in [0.15, 0.2) is 0 Å². The maximum atomic E-state index is 10.0. The van der Waals surface area contributed by atoms with Gasteiger partial charge in [0.05, 0.1) is 6.61 Å². The van der Waals surface area contributed by atoms with Crippen LogP contribution in [0.25, 0.3) is 0 Å². The van der Waals surface area contributed by atoms with E-state index in [0.29, 0.717) is 12.5 Å². The summed E-state index contributed by atoms with van der Waals surface area (Å²) in [5.74, 6) is 0. The highest BCUT2D eigenvalue weighted by Crippen LogP contribution is 2.26. The minimum absolute atomic E-state index is 0.212. The van der Waals surface area contributed by atoms with E-state index in [1.54, 1.807) is 0 Å². The predicted octanol–water partition coefficient (Wildman–Crippen LogP) is 3.41. The van der Waals surface area contributed by atoms with E-state index in [1.807, 2.05) is 0 Å². The number of halogens is 4. The van der Waals surface area contributed by atoms with E-state index in [9.17, 15) is 4.79 Å². The lowest BCUT2D eigenvalue weighted by Crippen LogP contribution is -2.10. The Balaban J connectivity index is 3.22. The topological polar surface area (TPSA) is 26.3 Å². The molecule has 0 aliphatic rings. The number of hydrogen-bond acceptors (Lipinski definition) is 2. The zero-order chi connectivity index (χ0) is 8.91. The van der Waals surface area contributed by atoms with Gasteiger partial charge in [-0.15, -0.1) is 33.2 Å². The van der Waals surface area contributed by atoms with Crippen molar-refractivity contribution in [1.82, 2.24) is 0 Å². The summed E-state index contributed by atoms with van der Waals surface area (Å²) in [6.45, 7) is 0.212. The van der Waals surface area contributed by atoms with Crippen LogP contribution in [-0.4, -0.2) is 18.0 Å². The van der Waals surface area contributed by atoms with Crippen molar-refractivity contribution >= 4 is 56.3 Å². The predicted molar refractivity (Wildman–Crippen MR) is 49.9 cm³/mol. The highest BCUT2D eigenvalue weighted by molar-refractivity contribution is 7.64. The van der Waals surface area contributed by atoms with Crippen LogP contribution < -0.4 is 0 Å². The molecule has 0 unspecified atom stereocenters. The van der Waals surface area contributed by atoms with Crippen molar-refractivity contribution in [3.63, 3.8) is 0 Å². The summed E-state index contributed by atoms with van der Waals surface area (Å²) in [5, 5.41) is 0. The Bertz CT molecular complexity index is 135. The lowest BCUT2D eigenvalue weighted by Gasteiger charge is -2.05. The van der Waals surface area contributed by atoms with Crippen LogP contribution >= 0.6 is 44.8 Å². The molecule has 0 saturated carbocycles. The van der Waals surface area contributed by atoms with Crippen LogP contribution in [0.2, 0.25) is 6.04 Å². The van der Waals surface area contributed by atoms with Crippen molar-refractivity contribution in [2.75, 3.05) is 6.61 Å². The summed E-state index contributed by atoms with van der Waals surface area (Å²) in [5.41, 5.74) is -0.823. The minimum Gasteiger partial charge on any atom is -0.454 e. The molecule has 0 heterocycles.